The van der Waals surface area contributed by atoms with Gasteiger partial charge in [0.2, 0.25) is 11.6 Å². The average Bonchev–Trinajstić information content (AvgIpc) is 3.20. The molecule has 11 nitrogen and oxygen atoms in total. The van der Waals surface area contributed by atoms with Crippen molar-refractivity contribution in [1.82, 2.24) is 15.0 Å². The van der Waals surface area contributed by atoms with Crippen molar-refractivity contribution in [2.75, 3.05) is 32.0 Å². The Morgan fingerprint density at radius 1 is 1.00 bits per heavy atom. The molecule has 2 N–H and O–H groups in total. The van der Waals surface area contributed by atoms with Crippen LogP contribution in [0.4, 0.5) is 28.1 Å². The zero-order valence-corrected chi connectivity index (χ0v) is 19.2. The van der Waals surface area contributed by atoms with Gasteiger partial charge < -0.3 is 24.8 Å². The lowest BCUT2D eigenvalue weighted by atomic mass is 10.2. The number of nitrogens with one attached hydrogen (secondary N) is 2. The minimum Gasteiger partial charge on any atom is -0.497 e. The van der Waals surface area contributed by atoms with Gasteiger partial charge in [-0.15, -0.1) is 0 Å². The van der Waals surface area contributed by atoms with Gasteiger partial charge in [-0.25, -0.2) is 15.0 Å². The predicted molar refractivity (Wildman–Crippen MR) is 126 cm³/mol. The highest BCUT2D eigenvalue weighted by Crippen LogP contribution is 2.40. The number of hydrogen-bond acceptors (Lipinski definition) is 11. The molecule has 0 saturated heterocycles. The van der Waals surface area contributed by atoms with E-state index in [9.17, 15) is 10.1 Å². The van der Waals surface area contributed by atoms with Gasteiger partial charge in [0.15, 0.2) is 5.13 Å². The normalized spacial score (nSPS) is 10.7. The number of halogens is 1. The van der Waals surface area contributed by atoms with E-state index in [1.54, 1.807) is 25.3 Å². The summed E-state index contributed by atoms with van der Waals surface area (Å²) in [4.78, 5) is 23.9. The van der Waals surface area contributed by atoms with Gasteiger partial charge in [-0.2, -0.15) is 0 Å². The molecule has 0 saturated carbocycles. The van der Waals surface area contributed by atoms with Crippen molar-refractivity contribution < 1.29 is 19.1 Å². The zero-order chi connectivity index (χ0) is 23.5. The lowest BCUT2D eigenvalue weighted by molar-refractivity contribution is -0.383. The smallest absolute Gasteiger partial charge is 0.353 e. The molecule has 2 heterocycles. The third-order valence-electron chi connectivity index (χ3n) is 4.55. The molecule has 2 aromatic heterocycles. The van der Waals surface area contributed by atoms with Gasteiger partial charge in [-0.1, -0.05) is 22.9 Å². The summed E-state index contributed by atoms with van der Waals surface area (Å²) >= 11 is 7.52. The van der Waals surface area contributed by atoms with Crippen molar-refractivity contribution in [2.45, 2.75) is 0 Å². The van der Waals surface area contributed by atoms with E-state index in [4.69, 9.17) is 25.8 Å². The van der Waals surface area contributed by atoms with E-state index < -0.39 is 4.92 Å². The molecule has 4 aromatic rings. The average molecular weight is 489 g/mol. The fraction of sp³-hybridized carbons (Fsp3) is 0.150. The van der Waals surface area contributed by atoms with E-state index >= 15 is 0 Å². The number of aromatic nitrogens is 3. The minimum atomic E-state index is -0.585. The Balaban J connectivity index is 1.71. The molecule has 0 unspecified atom stereocenters. The summed E-state index contributed by atoms with van der Waals surface area (Å²) < 4.78 is 16.6. The topological polar surface area (TPSA) is 134 Å². The molecule has 13 heteroatoms. The first-order valence-corrected chi connectivity index (χ1v) is 10.5. The Bertz CT molecular complexity index is 1350. The van der Waals surface area contributed by atoms with Crippen LogP contribution in [0.3, 0.4) is 0 Å². The Labute approximate surface area is 196 Å². The summed E-state index contributed by atoms with van der Waals surface area (Å²) in [5.74, 6) is 1.36. The first-order chi connectivity index (χ1) is 15.9. The number of anilines is 4. The molecule has 0 bridgehead atoms. The van der Waals surface area contributed by atoms with Gasteiger partial charge in [0.05, 0.1) is 47.2 Å². The second-order valence-electron chi connectivity index (χ2n) is 6.47. The van der Waals surface area contributed by atoms with E-state index in [1.165, 1.54) is 38.0 Å². The summed E-state index contributed by atoms with van der Waals surface area (Å²) in [6.07, 6.45) is 1.20. The first kappa shape index (κ1) is 22.3. The number of hydrogen-bond donors (Lipinski definition) is 2. The molecular weight excluding hydrogens is 472 g/mol. The van der Waals surface area contributed by atoms with Crippen LogP contribution >= 0.6 is 22.9 Å². The van der Waals surface area contributed by atoms with Crippen LogP contribution in [0.25, 0.3) is 10.2 Å². The fourth-order valence-corrected chi connectivity index (χ4v) is 4.14. The number of thiazole rings is 1. The van der Waals surface area contributed by atoms with Crippen LogP contribution in [-0.4, -0.2) is 41.2 Å². The van der Waals surface area contributed by atoms with Crippen molar-refractivity contribution in [3.05, 3.63) is 51.8 Å². The van der Waals surface area contributed by atoms with E-state index in [1.807, 2.05) is 6.07 Å². The second kappa shape index (κ2) is 9.30. The van der Waals surface area contributed by atoms with Crippen LogP contribution in [0.15, 0.2) is 36.7 Å². The van der Waals surface area contributed by atoms with Crippen molar-refractivity contribution in [3.8, 4) is 17.2 Å². The Morgan fingerprint density at radius 2 is 1.73 bits per heavy atom. The Kier molecular flexibility index (Phi) is 6.29. The number of nitrogens with zero attached hydrogens (tertiary/aromatic N) is 4. The predicted octanol–water partition coefficient (Wildman–Crippen LogP) is 5.16. The summed E-state index contributed by atoms with van der Waals surface area (Å²) in [5, 5.41) is 18.5. The van der Waals surface area contributed by atoms with E-state index in [0.717, 1.165) is 10.2 Å². The first-order valence-electron chi connectivity index (χ1n) is 9.33. The molecule has 2 aromatic carbocycles. The molecule has 4 rings (SSSR count). The number of nitro groups is 1. The van der Waals surface area contributed by atoms with Crippen LogP contribution in [0, 0.1) is 10.1 Å². The van der Waals surface area contributed by atoms with Crippen molar-refractivity contribution in [2.24, 2.45) is 0 Å². The summed E-state index contributed by atoms with van der Waals surface area (Å²) in [7, 11) is 4.50. The van der Waals surface area contributed by atoms with Crippen molar-refractivity contribution in [1.29, 1.82) is 0 Å². The number of rotatable bonds is 8. The van der Waals surface area contributed by atoms with Crippen LogP contribution in [0.2, 0.25) is 5.02 Å². The molecule has 170 valence electrons. The van der Waals surface area contributed by atoms with Crippen LogP contribution in [-0.2, 0) is 0 Å². The van der Waals surface area contributed by atoms with Gasteiger partial charge in [0.1, 0.15) is 23.6 Å². The zero-order valence-electron chi connectivity index (χ0n) is 17.6. The minimum absolute atomic E-state index is 0.0258. The number of benzene rings is 2. The lowest BCUT2D eigenvalue weighted by Crippen LogP contribution is -2.06. The lowest BCUT2D eigenvalue weighted by Gasteiger charge is -2.14. The molecule has 33 heavy (non-hydrogen) atoms. The molecule has 0 aliphatic rings. The third-order valence-corrected chi connectivity index (χ3v) is 5.78. The maximum absolute atomic E-state index is 11.9. The maximum Gasteiger partial charge on any atom is 0.353 e. The summed E-state index contributed by atoms with van der Waals surface area (Å²) in [6, 6.07) is 8.51. The van der Waals surface area contributed by atoms with Gasteiger partial charge >= 0.3 is 5.69 Å². The summed E-state index contributed by atoms with van der Waals surface area (Å²) in [5.41, 5.74) is 0.711. The van der Waals surface area contributed by atoms with Crippen LogP contribution in [0.1, 0.15) is 0 Å². The monoisotopic (exact) mass is 488 g/mol. The van der Waals surface area contributed by atoms with Gasteiger partial charge in [0, 0.05) is 6.07 Å². The standard InChI is InChI=1S/C20H17ClN6O5S/c1-30-10-4-5-12-16(6-10)33-20(25-12)26-19-17(27(28)29)18(22-9-23-19)24-13-7-11(21)14(31-2)8-15(13)32-3/h4-9H,1-3H3,(H2,22,23,24,25,26). The number of methoxy groups -OCH3 is 3. The van der Waals surface area contributed by atoms with Gasteiger partial charge in [-0.3, -0.25) is 10.1 Å². The number of fused-ring (bicyclic) bond motifs is 1. The molecule has 0 aliphatic heterocycles. The highest BCUT2D eigenvalue weighted by molar-refractivity contribution is 7.22. The van der Waals surface area contributed by atoms with E-state index in [2.05, 4.69) is 25.6 Å². The molecular formula is C20H17ClN6O5S. The molecule has 0 amide bonds. The maximum atomic E-state index is 11.9. The summed E-state index contributed by atoms with van der Waals surface area (Å²) in [6.45, 7) is 0. The highest BCUT2D eigenvalue weighted by atomic mass is 35.5. The largest absolute Gasteiger partial charge is 0.497 e. The Hall–Kier alpha value is -3.90. The SMILES string of the molecule is COc1ccc2nc(Nc3ncnc(Nc4cc(Cl)c(OC)cc4OC)c3[N+](=O)[O-])sc2c1. The highest BCUT2D eigenvalue weighted by Gasteiger charge is 2.25. The van der Waals surface area contributed by atoms with E-state index in [0.29, 0.717) is 33.1 Å². The van der Waals surface area contributed by atoms with Gasteiger partial charge in [-0.05, 0) is 24.3 Å². The molecule has 0 spiro atoms. The third kappa shape index (κ3) is 4.52. The van der Waals surface area contributed by atoms with Crippen molar-refractivity contribution in [3.63, 3.8) is 0 Å². The quantitative estimate of drug-likeness (QED) is 0.253. The van der Waals surface area contributed by atoms with Crippen LogP contribution in [0.5, 0.6) is 17.2 Å². The molecule has 0 atom stereocenters. The fourth-order valence-electron chi connectivity index (χ4n) is 3.01. The van der Waals surface area contributed by atoms with Crippen LogP contribution < -0.4 is 24.8 Å². The second-order valence-corrected chi connectivity index (χ2v) is 7.90. The molecule has 0 fully saturated rings. The Morgan fingerprint density at radius 3 is 2.39 bits per heavy atom. The van der Waals surface area contributed by atoms with Crippen molar-refractivity contribution >= 4 is 61.3 Å². The van der Waals surface area contributed by atoms with Gasteiger partial charge in [0.25, 0.3) is 0 Å². The molecule has 0 radical (unpaired) electrons. The molecule has 0 aliphatic carbocycles. The number of ether oxygens (including phenoxy) is 3. The van der Waals surface area contributed by atoms with E-state index in [-0.39, 0.29) is 17.3 Å².